The van der Waals surface area contributed by atoms with Crippen molar-refractivity contribution >= 4 is 17.0 Å². The molecule has 0 spiro atoms. The van der Waals surface area contributed by atoms with Crippen molar-refractivity contribution in [1.82, 2.24) is 19.5 Å². The summed E-state index contributed by atoms with van der Waals surface area (Å²) >= 11 is 0. The van der Waals surface area contributed by atoms with Gasteiger partial charge in [-0.2, -0.15) is 13.2 Å². The zero-order valence-electron chi connectivity index (χ0n) is 24.1. The lowest BCUT2D eigenvalue weighted by Gasteiger charge is -2.28. The van der Waals surface area contributed by atoms with Gasteiger partial charge in [0, 0.05) is 24.7 Å². The quantitative estimate of drug-likeness (QED) is 0.195. The third kappa shape index (κ3) is 6.29. The zero-order chi connectivity index (χ0) is 30.8. The number of alkyl halides is 3. The highest BCUT2D eigenvalue weighted by Crippen LogP contribution is 2.40. The molecule has 0 aliphatic heterocycles. The molecule has 226 valence electrons. The lowest BCUT2D eigenvalue weighted by Crippen LogP contribution is -2.27. The van der Waals surface area contributed by atoms with Crippen molar-refractivity contribution in [3.8, 4) is 16.9 Å². The van der Waals surface area contributed by atoms with Gasteiger partial charge in [-0.15, -0.1) is 0 Å². The molecule has 2 aromatic heterocycles. The summed E-state index contributed by atoms with van der Waals surface area (Å²) < 4.78 is 47.1. The molecule has 0 bridgehead atoms. The summed E-state index contributed by atoms with van der Waals surface area (Å²) in [6.45, 7) is 2.55. The molecule has 2 heterocycles. The molecule has 1 N–H and O–H groups in total. The van der Waals surface area contributed by atoms with Gasteiger partial charge in [-0.25, -0.2) is 4.98 Å². The third-order valence-electron chi connectivity index (χ3n) is 8.23. The molecule has 1 fully saturated rings. The minimum atomic E-state index is -4.38. The summed E-state index contributed by atoms with van der Waals surface area (Å²) in [5.74, 6) is -0.189. The molecule has 2 atom stereocenters. The van der Waals surface area contributed by atoms with Crippen molar-refractivity contribution in [2.45, 2.75) is 57.9 Å². The number of aromatic nitrogens is 4. The Hall–Kier alpha value is -4.73. The summed E-state index contributed by atoms with van der Waals surface area (Å²) in [6.07, 6.45) is 2.14. The van der Waals surface area contributed by atoms with E-state index in [1.807, 2.05) is 49.4 Å². The average Bonchev–Trinajstić information content (AvgIpc) is 3.38. The highest BCUT2D eigenvalue weighted by molar-refractivity contribution is 5.79. The van der Waals surface area contributed by atoms with E-state index in [0.717, 1.165) is 65.1 Å². The third-order valence-corrected chi connectivity index (χ3v) is 8.23. The number of imidazole rings is 1. The van der Waals surface area contributed by atoms with Crippen LogP contribution in [0.3, 0.4) is 0 Å². The summed E-state index contributed by atoms with van der Waals surface area (Å²) in [7, 11) is 0. The molecule has 0 unspecified atom stereocenters. The Morgan fingerprint density at radius 3 is 2.32 bits per heavy atom. The fraction of sp³-hybridized carbons (Fsp3) is 0.294. The number of carboxylic acid groups (broad SMARTS) is 1. The maximum Gasteiger partial charge on any atom is 0.416 e. The fourth-order valence-corrected chi connectivity index (χ4v) is 5.88. The number of ether oxygens (including phenoxy) is 1. The SMILES string of the molecule is Cc1cnc(COc2ccc3nc([C@H]4CCCC[C@H]4C(=O)O)n(Cc4ccc(-c5ccc(C(F)(F)F)cc5)cc4)c3c2)cn1. The molecular weight excluding hydrogens is 569 g/mol. The predicted octanol–water partition coefficient (Wildman–Crippen LogP) is 7.81. The van der Waals surface area contributed by atoms with Crippen molar-refractivity contribution in [3.63, 3.8) is 0 Å². The Bertz CT molecular complexity index is 1770. The molecule has 1 aliphatic rings. The predicted molar refractivity (Wildman–Crippen MR) is 159 cm³/mol. The number of aryl methyl sites for hydroxylation is 1. The Kier molecular flexibility index (Phi) is 8.07. The minimum Gasteiger partial charge on any atom is -0.487 e. The van der Waals surface area contributed by atoms with Gasteiger partial charge in [0.05, 0.1) is 40.1 Å². The fourth-order valence-electron chi connectivity index (χ4n) is 5.88. The van der Waals surface area contributed by atoms with Gasteiger partial charge in [-0.3, -0.25) is 14.8 Å². The molecule has 0 radical (unpaired) electrons. The van der Waals surface area contributed by atoms with Crippen LogP contribution in [0.25, 0.3) is 22.2 Å². The van der Waals surface area contributed by atoms with E-state index in [2.05, 4.69) is 14.5 Å². The molecule has 6 rings (SSSR count). The highest BCUT2D eigenvalue weighted by atomic mass is 19.4. The van der Waals surface area contributed by atoms with Crippen LogP contribution in [0.2, 0.25) is 0 Å². The molecule has 7 nitrogen and oxygen atoms in total. The molecular formula is C34H31F3N4O3. The van der Waals surface area contributed by atoms with Crippen molar-refractivity contribution < 1.29 is 27.8 Å². The Morgan fingerprint density at radius 1 is 0.955 bits per heavy atom. The lowest BCUT2D eigenvalue weighted by molar-refractivity contribution is -0.143. The number of hydrogen-bond acceptors (Lipinski definition) is 5. The van der Waals surface area contributed by atoms with Gasteiger partial charge in [0.15, 0.2) is 0 Å². The van der Waals surface area contributed by atoms with Gasteiger partial charge in [-0.1, -0.05) is 49.2 Å². The maximum absolute atomic E-state index is 13.0. The van der Waals surface area contributed by atoms with E-state index in [4.69, 9.17) is 9.72 Å². The van der Waals surface area contributed by atoms with Crippen LogP contribution in [-0.2, 0) is 24.1 Å². The van der Waals surface area contributed by atoms with Gasteiger partial charge >= 0.3 is 12.1 Å². The first-order valence-corrected chi connectivity index (χ1v) is 14.6. The van der Waals surface area contributed by atoms with E-state index >= 15 is 0 Å². The van der Waals surface area contributed by atoms with Crippen molar-refractivity contribution in [2.24, 2.45) is 5.92 Å². The molecule has 1 aliphatic carbocycles. The summed E-state index contributed by atoms with van der Waals surface area (Å²) in [6, 6.07) is 18.4. The zero-order valence-corrected chi connectivity index (χ0v) is 24.1. The van der Waals surface area contributed by atoms with Gasteiger partial charge in [0.1, 0.15) is 18.2 Å². The first-order chi connectivity index (χ1) is 21.2. The van der Waals surface area contributed by atoms with Gasteiger partial charge in [-0.05, 0) is 60.7 Å². The minimum absolute atomic E-state index is 0.229. The smallest absolute Gasteiger partial charge is 0.416 e. The molecule has 0 amide bonds. The van der Waals surface area contributed by atoms with E-state index < -0.39 is 23.6 Å². The van der Waals surface area contributed by atoms with Crippen molar-refractivity contribution in [2.75, 3.05) is 0 Å². The van der Waals surface area contributed by atoms with Crippen LogP contribution in [0.4, 0.5) is 13.2 Å². The van der Waals surface area contributed by atoms with Gasteiger partial charge < -0.3 is 14.4 Å². The summed E-state index contributed by atoms with van der Waals surface area (Å²) in [5, 5.41) is 10.0. The second-order valence-electron chi connectivity index (χ2n) is 11.3. The topological polar surface area (TPSA) is 90.1 Å². The largest absolute Gasteiger partial charge is 0.487 e. The second-order valence-corrected chi connectivity index (χ2v) is 11.3. The van der Waals surface area contributed by atoms with Crippen LogP contribution < -0.4 is 4.74 Å². The van der Waals surface area contributed by atoms with Crippen LogP contribution in [-0.4, -0.2) is 30.6 Å². The molecule has 1 saturated carbocycles. The number of hydrogen-bond donors (Lipinski definition) is 1. The number of benzene rings is 3. The molecule has 3 aromatic carbocycles. The van der Waals surface area contributed by atoms with E-state index in [-0.39, 0.29) is 12.5 Å². The number of carbonyl (C=O) groups is 1. The van der Waals surface area contributed by atoms with E-state index in [9.17, 15) is 23.1 Å². The highest BCUT2D eigenvalue weighted by Gasteiger charge is 2.35. The van der Waals surface area contributed by atoms with Crippen LogP contribution in [0.1, 0.15) is 59.9 Å². The molecule has 5 aromatic rings. The monoisotopic (exact) mass is 600 g/mol. The van der Waals surface area contributed by atoms with Crippen LogP contribution >= 0.6 is 0 Å². The number of rotatable bonds is 8. The normalized spacial score (nSPS) is 17.1. The Balaban J connectivity index is 1.32. The van der Waals surface area contributed by atoms with E-state index in [0.29, 0.717) is 30.0 Å². The average molecular weight is 601 g/mol. The standard InChI is InChI=1S/C34H31F3N4O3/c1-21-17-39-26(18-38-21)20-44-27-14-15-30-31(16-27)41(32(40-30)28-4-2-3-5-29(28)33(42)43)19-22-6-8-23(9-7-22)24-10-12-25(13-11-24)34(35,36)37/h6-18,28-29H,2-5,19-20H2,1H3,(H,42,43)/t28-,29+/m0/s1. The van der Waals surface area contributed by atoms with E-state index in [1.54, 1.807) is 12.4 Å². The molecule has 10 heteroatoms. The van der Waals surface area contributed by atoms with Crippen molar-refractivity contribution in [1.29, 1.82) is 0 Å². The number of carboxylic acids is 1. The second kappa shape index (κ2) is 12.1. The molecule has 44 heavy (non-hydrogen) atoms. The van der Waals surface area contributed by atoms with Crippen LogP contribution in [0.15, 0.2) is 79.1 Å². The first-order valence-electron chi connectivity index (χ1n) is 14.6. The van der Waals surface area contributed by atoms with Gasteiger partial charge in [0.25, 0.3) is 0 Å². The van der Waals surface area contributed by atoms with Crippen LogP contribution in [0, 0.1) is 12.8 Å². The maximum atomic E-state index is 13.0. The number of aliphatic carboxylic acids is 1. The Morgan fingerprint density at radius 2 is 1.66 bits per heavy atom. The van der Waals surface area contributed by atoms with Crippen molar-refractivity contribution in [3.05, 3.63) is 107 Å². The number of nitrogens with zero attached hydrogens (tertiary/aromatic N) is 4. The summed E-state index contributed by atoms with van der Waals surface area (Å²) in [5.41, 5.74) is 4.84. The number of fused-ring (bicyclic) bond motifs is 1. The first kappa shape index (κ1) is 29.3. The van der Waals surface area contributed by atoms with E-state index in [1.165, 1.54) is 12.1 Å². The molecule has 0 saturated heterocycles. The van der Waals surface area contributed by atoms with Crippen LogP contribution in [0.5, 0.6) is 5.75 Å². The Labute approximate surface area is 252 Å². The van der Waals surface area contributed by atoms with Gasteiger partial charge in [0.2, 0.25) is 0 Å². The number of halogens is 3. The lowest BCUT2D eigenvalue weighted by atomic mass is 9.78. The summed E-state index contributed by atoms with van der Waals surface area (Å²) in [4.78, 5) is 25.8.